The highest BCUT2D eigenvalue weighted by atomic mass is 32.2. The molecular weight excluding hydrogens is 440 g/mol. The molecule has 1 aliphatic rings. The molecule has 0 aliphatic carbocycles. The number of hydrogen-bond acceptors (Lipinski definition) is 8. The van der Waals surface area contributed by atoms with Crippen LogP contribution in [0.3, 0.4) is 0 Å². The maximum absolute atomic E-state index is 11.6. The van der Waals surface area contributed by atoms with E-state index in [1.807, 2.05) is 37.3 Å². The van der Waals surface area contributed by atoms with Gasteiger partial charge in [-0.2, -0.15) is 0 Å². The van der Waals surface area contributed by atoms with Crippen LogP contribution in [0.1, 0.15) is 18.2 Å². The first-order valence-corrected chi connectivity index (χ1v) is 12.4. The van der Waals surface area contributed by atoms with E-state index < -0.39 is 0 Å². The van der Waals surface area contributed by atoms with E-state index in [0.29, 0.717) is 11.6 Å². The Labute approximate surface area is 197 Å². The molecule has 0 atom stereocenters. The number of benzene rings is 1. The fraction of sp³-hybridized carbons (Fsp3) is 0.348. The Morgan fingerprint density at radius 2 is 1.84 bits per heavy atom. The first kappa shape index (κ1) is 22.6. The predicted molar refractivity (Wildman–Crippen MR) is 134 cm³/mol. The Kier molecular flexibility index (Phi) is 7.29. The van der Waals surface area contributed by atoms with Gasteiger partial charge in [-0.15, -0.1) is 11.3 Å². The third-order valence-electron chi connectivity index (χ3n) is 5.18. The molecule has 1 aliphatic heterocycles. The molecule has 7 nitrogen and oxygen atoms in total. The standard InChI is InChI=1S/C23H28N6OS2/c1-4-21(30)24-17-6-8-18(9-7-17)32-23-26-19(25-22-10-5-16(2)31-22)15-20(27-23)29-13-11-28(3)12-14-29/h5-10,15H,4,11-14H2,1-3H3,(H,24,30)(H,25,26,27). The van der Waals surface area contributed by atoms with Gasteiger partial charge in [0.05, 0.1) is 5.00 Å². The zero-order valence-corrected chi connectivity index (χ0v) is 20.2. The molecule has 0 saturated carbocycles. The topological polar surface area (TPSA) is 73.4 Å². The molecule has 3 aromatic rings. The average molecular weight is 469 g/mol. The highest BCUT2D eigenvalue weighted by Crippen LogP contribution is 2.31. The summed E-state index contributed by atoms with van der Waals surface area (Å²) in [6, 6.07) is 14.0. The van der Waals surface area contributed by atoms with Crippen molar-refractivity contribution in [2.24, 2.45) is 0 Å². The minimum Gasteiger partial charge on any atom is -0.354 e. The first-order chi connectivity index (χ1) is 15.5. The van der Waals surface area contributed by atoms with Crippen LogP contribution < -0.4 is 15.5 Å². The third kappa shape index (κ3) is 5.99. The number of anilines is 4. The SMILES string of the molecule is CCC(=O)Nc1ccc(Sc2nc(Nc3ccc(C)s3)cc(N3CCN(C)CC3)n2)cc1. The smallest absolute Gasteiger partial charge is 0.224 e. The van der Waals surface area contributed by atoms with Crippen LogP contribution in [0, 0.1) is 6.92 Å². The van der Waals surface area contributed by atoms with E-state index in [0.717, 1.165) is 53.4 Å². The number of likely N-dealkylation sites (N-methyl/N-ethyl adjacent to an activating group) is 1. The van der Waals surface area contributed by atoms with Gasteiger partial charge in [-0.3, -0.25) is 4.79 Å². The fourth-order valence-electron chi connectivity index (χ4n) is 3.31. The van der Waals surface area contributed by atoms with Crippen molar-refractivity contribution in [1.29, 1.82) is 0 Å². The van der Waals surface area contributed by atoms with E-state index in [-0.39, 0.29) is 5.91 Å². The summed E-state index contributed by atoms with van der Waals surface area (Å²) in [4.78, 5) is 28.2. The van der Waals surface area contributed by atoms with Crippen LogP contribution in [-0.2, 0) is 4.79 Å². The normalized spacial score (nSPS) is 14.4. The van der Waals surface area contributed by atoms with Crippen molar-refractivity contribution in [3.63, 3.8) is 0 Å². The molecule has 9 heteroatoms. The second-order valence-corrected chi connectivity index (χ2v) is 10.1. The summed E-state index contributed by atoms with van der Waals surface area (Å²) in [6.45, 7) is 7.86. The number of carbonyl (C=O) groups is 1. The van der Waals surface area contributed by atoms with Gasteiger partial charge in [0.1, 0.15) is 11.6 Å². The molecular formula is C23H28N6OS2. The average Bonchev–Trinajstić information content (AvgIpc) is 3.19. The van der Waals surface area contributed by atoms with E-state index in [9.17, 15) is 4.79 Å². The first-order valence-electron chi connectivity index (χ1n) is 10.7. The van der Waals surface area contributed by atoms with Crippen molar-refractivity contribution in [1.82, 2.24) is 14.9 Å². The molecule has 1 saturated heterocycles. The lowest BCUT2D eigenvalue weighted by molar-refractivity contribution is -0.115. The summed E-state index contributed by atoms with van der Waals surface area (Å²) in [5, 5.41) is 8.09. The van der Waals surface area contributed by atoms with Crippen LogP contribution in [0.4, 0.5) is 22.3 Å². The zero-order valence-electron chi connectivity index (χ0n) is 18.6. The Balaban J connectivity index is 1.56. The summed E-state index contributed by atoms with van der Waals surface area (Å²) < 4.78 is 0. The summed E-state index contributed by atoms with van der Waals surface area (Å²) in [6.07, 6.45) is 0.461. The molecule has 0 unspecified atom stereocenters. The molecule has 0 spiro atoms. The van der Waals surface area contributed by atoms with Crippen molar-refractivity contribution >= 4 is 51.3 Å². The van der Waals surface area contributed by atoms with Gasteiger partial charge in [0.15, 0.2) is 5.16 Å². The summed E-state index contributed by atoms with van der Waals surface area (Å²) in [7, 11) is 2.15. The number of nitrogens with one attached hydrogen (secondary N) is 2. The van der Waals surface area contributed by atoms with Crippen LogP contribution in [0.2, 0.25) is 0 Å². The lowest BCUT2D eigenvalue weighted by Crippen LogP contribution is -2.44. The van der Waals surface area contributed by atoms with Gasteiger partial charge < -0.3 is 20.4 Å². The Morgan fingerprint density at radius 3 is 2.50 bits per heavy atom. The van der Waals surface area contributed by atoms with Gasteiger partial charge in [0.2, 0.25) is 5.91 Å². The molecule has 2 N–H and O–H groups in total. The van der Waals surface area contributed by atoms with E-state index in [2.05, 4.69) is 46.5 Å². The lowest BCUT2D eigenvalue weighted by Gasteiger charge is -2.33. The van der Waals surface area contributed by atoms with Crippen molar-refractivity contribution in [3.05, 3.63) is 47.3 Å². The fourth-order valence-corrected chi connectivity index (χ4v) is 4.85. The van der Waals surface area contributed by atoms with Gasteiger partial charge in [0, 0.05) is 54.1 Å². The van der Waals surface area contributed by atoms with Gasteiger partial charge in [-0.05, 0) is 62.1 Å². The number of carbonyl (C=O) groups excluding carboxylic acids is 1. The van der Waals surface area contributed by atoms with Gasteiger partial charge in [0.25, 0.3) is 0 Å². The highest BCUT2D eigenvalue weighted by molar-refractivity contribution is 7.99. The molecule has 3 heterocycles. The van der Waals surface area contributed by atoms with Gasteiger partial charge >= 0.3 is 0 Å². The molecule has 1 aromatic carbocycles. The Bertz CT molecular complexity index is 1060. The summed E-state index contributed by atoms with van der Waals surface area (Å²) in [5.41, 5.74) is 0.795. The van der Waals surface area contributed by atoms with Crippen LogP contribution in [0.25, 0.3) is 0 Å². The second-order valence-electron chi connectivity index (χ2n) is 7.75. The monoisotopic (exact) mass is 468 g/mol. The molecule has 2 aromatic heterocycles. The minimum atomic E-state index is 0.00754. The number of aromatic nitrogens is 2. The number of thiophene rings is 1. The van der Waals surface area contributed by atoms with E-state index in [4.69, 9.17) is 9.97 Å². The molecule has 0 radical (unpaired) electrons. The quantitative estimate of drug-likeness (QED) is 0.481. The number of hydrogen-bond donors (Lipinski definition) is 2. The molecule has 1 fully saturated rings. The lowest BCUT2D eigenvalue weighted by atomic mass is 10.3. The van der Waals surface area contributed by atoms with Crippen molar-refractivity contribution in [3.8, 4) is 0 Å². The van der Waals surface area contributed by atoms with Crippen molar-refractivity contribution < 1.29 is 4.79 Å². The van der Waals surface area contributed by atoms with Crippen molar-refractivity contribution in [2.75, 3.05) is 48.8 Å². The summed E-state index contributed by atoms with van der Waals surface area (Å²) >= 11 is 3.23. The maximum Gasteiger partial charge on any atom is 0.224 e. The van der Waals surface area contributed by atoms with Gasteiger partial charge in [-0.1, -0.05) is 6.92 Å². The van der Waals surface area contributed by atoms with E-state index in [1.54, 1.807) is 11.3 Å². The van der Waals surface area contributed by atoms with E-state index >= 15 is 0 Å². The number of piperazine rings is 1. The molecule has 0 bridgehead atoms. The number of aryl methyl sites for hydroxylation is 1. The molecule has 32 heavy (non-hydrogen) atoms. The summed E-state index contributed by atoms with van der Waals surface area (Å²) in [5.74, 6) is 1.75. The number of amides is 1. The molecule has 4 rings (SSSR count). The van der Waals surface area contributed by atoms with Gasteiger partial charge in [-0.25, -0.2) is 9.97 Å². The van der Waals surface area contributed by atoms with Crippen molar-refractivity contribution in [2.45, 2.75) is 30.3 Å². The Hall–Kier alpha value is -2.62. The predicted octanol–water partition coefficient (Wildman–Crippen LogP) is 4.84. The zero-order chi connectivity index (χ0) is 22.5. The van der Waals surface area contributed by atoms with Crippen LogP contribution in [-0.4, -0.2) is 54.0 Å². The second kappa shape index (κ2) is 10.3. The maximum atomic E-state index is 11.6. The van der Waals surface area contributed by atoms with E-state index in [1.165, 1.54) is 16.6 Å². The number of nitrogens with zero attached hydrogens (tertiary/aromatic N) is 4. The molecule has 1 amide bonds. The van der Waals surface area contributed by atoms with Crippen LogP contribution >= 0.6 is 23.1 Å². The number of rotatable bonds is 7. The highest BCUT2D eigenvalue weighted by Gasteiger charge is 2.18. The Morgan fingerprint density at radius 1 is 1.09 bits per heavy atom. The largest absolute Gasteiger partial charge is 0.354 e. The third-order valence-corrected chi connectivity index (χ3v) is 6.97. The minimum absolute atomic E-state index is 0.00754. The molecule has 168 valence electrons. The van der Waals surface area contributed by atoms with Crippen LogP contribution in [0.5, 0.6) is 0 Å². The van der Waals surface area contributed by atoms with Crippen LogP contribution in [0.15, 0.2) is 52.5 Å².